The highest BCUT2D eigenvalue weighted by atomic mass is 19.1. The van der Waals surface area contributed by atoms with Gasteiger partial charge in [-0.15, -0.1) is 0 Å². The minimum Gasteiger partial charge on any atom is -0.389 e. The van der Waals surface area contributed by atoms with E-state index in [0.29, 0.717) is 5.56 Å². The van der Waals surface area contributed by atoms with Crippen LogP contribution in [0.4, 0.5) is 4.39 Å². The van der Waals surface area contributed by atoms with Crippen molar-refractivity contribution in [2.24, 2.45) is 0 Å². The van der Waals surface area contributed by atoms with Crippen LogP contribution in [-0.2, 0) is 0 Å². The van der Waals surface area contributed by atoms with E-state index >= 15 is 0 Å². The summed E-state index contributed by atoms with van der Waals surface area (Å²) in [5, 5.41) is 16.1. The highest BCUT2D eigenvalue weighted by Crippen LogP contribution is 2.25. The molecule has 0 saturated carbocycles. The van der Waals surface area contributed by atoms with Gasteiger partial charge in [0.15, 0.2) is 0 Å². The molecule has 1 heterocycles. The molecule has 3 nitrogen and oxygen atoms in total. The Morgan fingerprint density at radius 2 is 2.00 bits per heavy atom. The monoisotopic (exact) mass is 206 g/mol. The van der Waals surface area contributed by atoms with Crippen LogP contribution in [0.25, 0.3) is 11.3 Å². The van der Waals surface area contributed by atoms with Gasteiger partial charge in [0.25, 0.3) is 0 Å². The lowest BCUT2D eigenvalue weighted by molar-refractivity contribution is 0.200. The molecular formula is C11H11FN2O. The topological polar surface area (TPSA) is 48.9 Å². The predicted molar refractivity (Wildman–Crippen MR) is 54.6 cm³/mol. The van der Waals surface area contributed by atoms with Crippen molar-refractivity contribution in [1.82, 2.24) is 10.2 Å². The van der Waals surface area contributed by atoms with Crippen LogP contribution in [0.3, 0.4) is 0 Å². The van der Waals surface area contributed by atoms with E-state index < -0.39 is 6.10 Å². The van der Waals surface area contributed by atoms with Crippen molar-refractivity contribution in [3.63, 3.8) is 0 Å². The number of rotatable bonds is 2. The first-order chi connectivity index (χ1) is 7.18. The molecule has 2 aromatic rings. The number of hydrogen-bond acceptors (Lipinski definition) is 2. The maximum Gasteiger partial charge on any atom is 0.123 e. The van der Waals surface area contributed by atoms with E-state index in [2.05, 4.69) is 10.2 Å². The van der Waals surface area contributed by atoms with Crippen LogP contribution in [0, 0.1) is 5.82 Å². The maximum atomic E-state index is 12.7. The fraction of sp³-hybridized carbons (Fsp3) is 0.182. The van der Waals surface area contributed by atoms with Gasteiger partial charge in [0.2, 0.25) is 0 Å². The third-order valence-corrected chi connectivity index (χ3v) is 2.25. The number of nitrogens with zero attached hydrogens (tertiary/aromatic N) is 1. The van der Waals surface area contributed by atoms with Crippen LogP contribution in [-0.4, -0.2) is 15.3 Å². The molecule has 15 heavy (non-hydrogen) atoms. The summed E-state index contributed by atoms with van der Waals surface area (Å²) >= 11 is 0. The Labute approximate surface area is 86.6 Å². The molecule has 1 atom stereocenters. The van der Waals surface area contributed by atoms with Crippen LogP contribution < -0.4 is 0 Å². The van der Waals surface area contributed by atoms with Gasteiger partial charge in [0, 0.05) is 11.1 Å². The van der Waals surface area contributed by atoms with E-state index in [1.165, 1.54) is 12.1 Å². The summed E-state index contributed by atoms with van der Waals surface area (Å²) in [7, 11) is 0. The number of benzene rings is 1. The van der Waals surface area contributed by atoms with Gasteiger partial charge in [-0.1, -0.05) is 0 Å². The van der Waals surface area contributed by atoms with Gasteiger partial charge in [-0.25, -0.2) is 4.39 Å². The summed E-state index contributed by atoms with van der Waals surface area (Å²) in [6.07, 6.45) is 0.979. The molecule has 0 bridgehead atoms. The van der Waals surface area contributed by atoms with Gasteiger partial charge in [0.05, 0.1) is 18.0 Å². The highest BCUT2D eigenvalue weighted by molar-refractivity contribution is 5.62. The Bertz CT molecular complexity index is 448. The molecule has 1 aromatic heterocycles. The summed E-state index contributed by atoms with van der Waals surface area (Å²) < 4.78 is 12.7. The second-order valence-corrected chi connectivity index (χ2v) is 3.38. The van der Waals surface area contributed by atoms with Gasteiger partial charge >= 0.3 is 0 Å². The summed E-state index contributed by atoms with van der Waals surface area (Å²) in [6, 6.07) is 6.05. The van der Waals surface area contributed by atoms with Crippen molar-refractivity contribution in [3.8, 4) is 11.3 Å². The van der Waals surface area contributed by atoms with Gasteiger partial charge in [-0.2, -0.15) is 5.10 Å². The lowest BCUT2D eigenvalue weighted by atomic mass is 10.1. The van der Waals surface area contributed by atoms with E-state index in [4.69, 9.17) is 0 Å². The van der Waals surface area contributed by atoms with Gasteiger partial charge in [-0.3, -0.25) is 5.10 Å². The highest BCUT2D eigenvalue weighted by Gasteiger charge is 2.11. The number of aliphatic hydroxyl groups is 1. The molecule has 0 aliphatic rings. The Balaban J connectivity index is 2.45. The minimum absolute atomic E-state index is 0.281. The molecule has 0 aliphatic heterocycles. The summed E-state index contributed by atoms with van der Waals surface area (Å²) in [4.78, 5) is 0. The number of H-pyrrole nitrogens is 1. The van der Waals surface area contributed by atoms with Crippen molar-refractivity contribution in [2.75, 3.05) is 0 Å². The van der Waals surface area contributed by atoms with E-state index in [1.807, 2.05) is 0 Å². The first-order valence-corrected chi connectivity index (χ1v) is 4.66. The molecular weight excluding hydrogens is 195 g/mol. The number of hydrogen-bond donors (Lipinski definition) is 2. The molecule has 0 amide bonds. The molecule has 0 aliphatic carbocycles. The van der Waals surface area contributed by atoms with Crippen LogP contribution in [0.5, 0.6) is 0 Å². The molecule has 1 unspecified atom stereocenters. The van der Waals surface area contributed by atoms with Crippen molar-refractivity contribution in [2.45, 2.75) is 13.0 Å². The van der Waals surface area contributed by atoms with Crippen LogP contribution >= 0.6 is 0 Å². The lowest BCUT2D eigenvalue weighted by Gasteiger charge is -2.05. The van der Waals surface area contributed by atoms with E-state index in [-0.39, 0.29) is 5.82 Å². The van der Waals surface area contributed by atoms with Crippen molar-refractivity contribution in [1.29, 1.82) is 0 Å². The lowest BCUT2D eigenvalue weighted by Crippen LogP contribution is -1.92. The number of aromatic nitrogens is 2. The Kier molecular flexibility index (Phi) is 2.51. The third kappa shape index (κ3) is 1.89. The SMILES string of the molecule is CC(O)c1cn[nH]c1-c1ccc(F)cc1. The largest absolute Gasteiger partial charge is 0.389 e. The quantitative estimate of drug-likeness (QED) is 0.791. The van der Waals surface area contributed by atoms with Crippen molar-refractivity contribution >= 4 is 0 Å². The van der Waals surface area contributed by atoms with E-state index in [1.54, 1.807) is 25.3 Å². The Hall–Kier alpha value is -1.68. The number of halogens is 1. The average molecular weight is 206 g/mol. The number of aliphatic hydroxyl groups excluding tert-OH is 1. The summed E-state index contributed by atoms with van der Waals surface area (Å²) in [5.41, 5.74) is 2.25. The van der Waals surface area contributed by atoms with Crippen LogP contribution in [0.1, 0.15) is 18.6 Å². The fourth-order valence-electron chi connectivity index (χ4n) is 1.46. The smallest absolute Gasteiger partial charge is 0.123 e. The molecule has 2 N–H and O–H groups in total. The molecule has 0 radical (unpaired) electrons. The zero-order valence-corrected chi connectivity index (χ0v) is 8.24. The van der Waals surface area contributed by atoms with E-state index in [9.17, 15) is 9.50 Å². The van der Waals surface area contributed by atoms with Crippen molar-refractivity contribution < 1.29 is 9.50 Å². The van der Waals surface area contributed by atoms with Crippen LogP contribution in [0.15, 0.2) is 30.5 Å². The minimum atomic E-state index is -0.594. The predicted octanol–water partition coefficient (Wildman–Crippen LogP) is 2.27. The number of nitrogens with one attached hydrogen (secondary N) is 1. The molecule has 1 aromatic carbocycles. The summed E-state index contributed by atoms with van der Waals surface area (Å²) in [5.74, 6) is -0.281. The molecule has 0 fully saturated rings. The number of aromatic amines is 1. The van der Waals surface area contributed by atoms with Gasteiger partial charge in [-0.05, 0) is 31.2 Å². The standard InChI is InChI=1S/C11H11FN2O/c1-7(15)10-6-13-14-11(10)8-2-4-9(12)5-3-8/h2-7,15H,1H3,(H,13,14). The Morgan fingerprint density at radius 1 is 1.33 bits per heavy atom. The first-order valence-electron chi connectivity index (χ1n) is 4.66. The molecule has 2 rings (SSSR count). The zero-order chi connectivity index (χ0) is 10.8. The third-order valence-electron chi connectivity index (χ3n) is 2.25. The molecule has 0 spiro atoms. The van der Waals surface area contributed by atoms with Gasteiger partial charge in [0.1, 0.15) is 5.82 Å². The normalized spacial score (nSPS) is 12.7. The molecule has 78 valence electrons. The second-order valence-electron chi connectivity index (χ2n) is 3.38. The van der Waals surface area contributed by atoms with E-state index in [0.717, 1.165) is 11.3 Å². The molecule has 4 heteroatoms. The van der Waals surface area contributed by atoms with Gasteiger partial charge < -0.3 is 5.11 Å². The van der Waals surface area contributed by atoms with Crippen LogP contribution in [0.2, 0.25) is 0 Å². The molecule has 0 saturated heterocycles. The fourth-order valence-corrected chi connectivity index (χ4v) is 1.46. The summed E-state index contributed by atoms with van der Waals surface area (Å²) in [6.45, 7) is 1.66. The zero-order valence-electron chi connectivity index (χ0n) is 8.24. The first kappa shape index (κ1) is 9.86. The second kappa shape index (κ2) is 3.82. The van der Waals surface area contributed by atoms with Crippen molar-refractivity contribution in [3.05, 3.63) is 41.8 Å². The maximum absolute atomic E-state index is 12.7. The average Bonchev–Trinajstić information content (AvgIpc) is 2.67. The Morgan fingerprint density at radius 3 is 2.60 bits per heavy atom.